The molecular weight excluding hydrogens is 422 g/mol. The molecule has 3 aromatic carbocycles. The molecule has 0 aliphatic heterocycles. The highest BCUT2D eigenvalue weighted by Gasteiger charge is 2.04. The Morgan fingerprint density at radius 1 is 1.11 bits per heavy atom. The summed E-state index contributed by atoms with van der Waals surface area (Å²) in [6.45, 7) is 3.25. The van der Waals surface area contributed by atoms with Crippen LogP contribution in [0.2, 0.25) is 0 Å². The molecule has 0 heterocycles. The van der Waals surface area contributed by atoms with Gasteiger partial charge in [0.05, 0.1) is 10.7 Å². The van der Waals surface area contributed by atoms with Crippen molar-refractivity contribution < 1.29 is 4.74 Å². The van der Waals surface area contributed by atoms with Crippen LogP contribution in [0.1, 0.15) is 18.1 Å². The monoisotopic (exact) mass is 441 g/mol. The number of rotatable bonds is 6. The van der Waals surface area contributed by atoms with Gasteiger partial charge in [-0.2, -0.15) is 5.10 Å². The van der Waals surface area contributed by atoms with Crippen LogP contribution in [0.15, 0.2) is 70.2 Å². The summed E-state index contributed by atoms with van der Waals surface area (Å²) in [4.78, 5) is 0. The van der Waals surface area contributed by atoms with Crippen molar-refractivity contribution in [2.75, 3.05) is 6.54 Å². The van der Waals surface area contributed by atoms with Crippen LogP contribution >= 0.6 is 28.1 Å². The Kier molecular flexibility index (Phi) is 6.79. The first kappa shape index (κ1) is 19.3. The van der Waals surface area contributed by atoms with Crippen LogP contribution in [0.4, 0.5) is 0 Å². The Labute approximate surface area is 172 Å². The summed E-state index contributed by atoms with van der Waals surface area (Å²) < 4.78 is 6.84. The van der Waals surface area contributed by atoms with Crippen LogP contribution in [-0.2, 0) is 6.61 Å². The van der Waals surface area contributed by atoms with E-state index in [2.05, 4.69) is 62.1 Å². The summed E-state index contributed by atoms with van der Waals surface area (Å²) >= 11 is 8.62. The van der Waals surface area contributed by atoms with E-state index in [9.17, 15) is 0 Å². The predicted molar refractivity (Wildman–Crippen MR) is 119 cm³/mol. The molecule has 0 spiro atoms. The molecule has 27 heavy (non-hydrogen) atoms. The zero-order chi connectivity index (χ0) is 19.1. The fourth-order valence-electron chi connectivity index (χ4n) is 2.57. The largest absolute Gasteiger partial charge is 0.488 e. The number of fused-ring (bicyclic) bond motifs is 1. The Bertz CT molecular complexity index is 975. The zero-order valence-electron chi connectivity index (χ0n) is 14.9. The average Bonchev–Trinajstić information content (AvgIpc) is 2.67. The molecule has 3 aromatic rings. The molecule has 4 nitrogen and oxygen atoms in total. The third kappa shape index (κ3) is 5.52. The highest BCUT2D eigenvalue weighted by atomic mass is 79.9. The number of nitrogens with zero attached hydrogens (tertiary/aromatic N) is 1. The molecule has 0 aliphatic rings. The predicted octanol–water partition coefficient (Wildman–Crippen LogP) is 5.00. The zero-order valence-corrected chi connectivity index (χ0v) is 17.3. The number of thiocarbonyl (C=S) groups is 1. The molecule has 0 atom stereocenters. The van der Waals surface area contributed by atoms with Crippen LogP contribution in [0.3, 0.4) is 0 Å². The minimum absolute atomic E-state index is 0.503. The number of hydrogen-bond donors (Lipinski definition) is 2. The lowest BCUT2D eigenvalue weighted by Crippen LogP contribution is -2.31. The van der Waals surface area contributed by atoms with Gasteiger partial charge in [0.2, 0.25) is 0 Å². The number of hydrogen-bond acceptors (Lipinski definition) is 3. The fourth-order valence-corrected chi connectivity index (χ4v) is 3.28. The highest BCUT2D eigenvalue weighted by molar-refractivity contribution is 9.10. The van der Waals surface area contributed by atoms with E-state index in [1.165, 1.54) is 10.8 Å². The van der Waals surface area contributed by atoms with Crippen LogP contribution in [0.5, 0.6) is 5.75 Å². The topological polar surface area (TPSA) is 45.7 Å². The summed E-state index contributed by atoms with van der Waals surface area (Å²) in [6, 6.07) is 20.5. The lowest BCUT2D eigenvalue weighted by atomic mass is 10.1. The SMILES string of the molecule is CCNC(=S)NN=Cc1ccc(OCc2ccc3ccccc3c2)c(Br)c1. The molecule has 0 aliphatic carbocycles. The fraction of sp³-hybridized carbons (Fsp3) is 0.143. The van der Waals surface area contributed by atoms with Crippen molar-refractivity contribution in [3.63, 3.8) is 0 Å². The van der Waals surface area contributed by atoms with Crippen LogP contribution in [0, 0.1) is 0 Å². The summed E-state index contributed by atoms with van der Waals surface area (Å²) in [5.41, 5.74) is 4.84. The second-order valence-corrected chi connectivity index (χ2v) is 7.15. The van der Waals surface area contributed by atoms with E-state index in [4.69, 9.17) is 17.0 Å². The third-order valence-corrected chi connectivity index (χ3v) is 4.74. The first-order chi connectivity index (χ1) is 13.2. The summed E-state index contributed by atoms with van der Waals surface area (Å²) in [7, 11) is 0. The van der Waals surface area contributed by atoms with E-state index in [0.717, 1.165) is 27.9 Å². The van der Waals surface area contributed by atoms with Crippen molar-refractivity contribution in [2.24, 2.45) is 5.10 Å². The second kappa shape index (κ2) is 9.48. The first-order valence-corrected chi connectivity index (χ1v) is 9.83. The normalized spacial score (nSPS) is 10.9. The maximum Gasteiger partial charge on any atom is 0.186 e. The average molecular weight is 442 g/mol. The van der Waals surface area contributed by atoms with Crippen molar-refractivity contribution >= 4 is 50.2 Å². The molecule has 0 fully saturated rings. The number of nitrogens with one attached hydrogen (secondary N) is 2. The minimum Gasteiger partial charge on any atom is -0.488 e. The number of ether oxygens (including phenoxy) is 1. The van der Waals surface area contributed by atoms with E-state index in [0.29, 0.717) is 11.7 Å². The Morgan fingerprint density at radius 3 is 2.70 bits per heavy atom. The molecule has 0 saturated heterocycles. The summed E-state index contributed by atoms with van der Waals surface area (Å²) in [5.74, 6) is 0.788. The number of halogens is 1. The van der Waals surface area contributed by atoms with Crippen molar-refractivity contribution in [3.8, 4) is 5.75 Å². The molecule has 0 bridgehead atoms. The van der Waals surface area contributed by atoms with Gasteiger partial charge >= 0.3 is 0 Å². The Hall–Kier alpha value is -2.44. The maximum atomic E-state index is 5.96. The van der Waals surface area contributed by atoms with E-state index in [1.54, 1.807) is 6.21 Å². The van der Waals surface area contributed by atoms with Crippen molar-refractivity contribution in [1.82, 2.24) is 10.7 Å². The lowest BCUT2D eigenvalue weighted by Gasteiger charge is -2.10. The second-order valence-electron chi connectivity index (χ2n) is 5.89. The van der Waals surface area contributed by atoms with E-state index in [1.807, 2.05) is 37.3 Å². The molecule has 0 unspecified atom stereocenters. The maximum absolute atomic E-state index is 5.96. The van der Waals surface area contributed by atoms with Gasteiger partial charge in [-0.3, -0.25) is 5.43 Å². The smallest absolute Gasteiger partial charge is 0.186 e. The summed E-state index contributed by atoms with van der Waals surface area (Å²) in [5, 5.41) is 10.0. The van der Waals surface area contributed by atoms with Gasteiger partial charge < -0.3 is 10.1 Å². The van der Waals surface area contributed by atoms with Crippen molar-refractivity contribution in [1.29, 1.82) is 0 Å². The molecule has 138 valence electrons. The highest BCUT2D eigenvalue weighted by Crippen LogP contribution is 2.27. The van der Waals surface area contributed by atoms with Gasteiger partial charge in [-0.15, -0.1) is 0 Å². The standard InChI is InChI=1S/C21H20BrN3OS/c1-2-23-21(27)25-24-13-15-8-10-20(19(22)12-15)26-14-16-7-9-17-5-3-4-6-18(17)11-16/h3-13H,2,14H2,1H3,(H2,23,25,27). The molecule has 0 aromatic heterocycles. The van der Waals surface area contributed by atoms with Gasteiger partial charge in [0, 0.05) is 6.54 Å². The van der Waals surface area contributed by atoms with Crippen molar-refractivity contribution in [3.05, 3.63) is 76.3 Å². The summed E-state index contributed by atoms with van der Waals surface area (Å²) in [6.07, 6.45) is 1.71. The quantitative estimate of drug-likeness (QED) is 0.321. The molecule has 6 heteroatoms. The van der Waals surface area contributed by atoms with Crippen molar-refractivity contribution in [2.45, 2.75) is 13.5 Å². The van der Waals surface area contributed by atoms with Gasteiger partial charge in [0.1, 0.15) is 12.4 Å². The molecule has 0 saturated carbocycles. The van der Waals surface area contributed by atoms with Gasteiger partial charge in [-0.1, -0.05) is 36.4 Å². The number of hydrazone groups is 1. The van der Waals surface area contributed by atoms with Gasteiger partial charge in [0.25, 0.3) is 0 Å². The molecule has 0 radical (unpaired) electrons. The first-order valence-electron chi connectivity index (χ1n) is 8.62. The Balaban J connectivity index is 1.61. The molecule has 0 amide bonds. The molecular formula is C21H20BrN3OS. The van der Waals surface area contributed by atoms with Gasteiger partial charge in [0.15, 0.2) is 5.11 Å². The van der Waals surface area contributed by atoms with E-state index < -0.39 is 0 Å². The van der Waals surface area contributed by atoms with Gasteiger partial charge in [-0.05, 0) is 81.2 Å². The van der Waals surface area contributed by atoms with Crippen LogP contribution in [0.25, 0.3) is 10.8 Å². The lowest BCUT2D eigenvalue weighted by molar-refractivity contribution is 0.304. The number of benzene rings is 3. The molecule has 2 N–H and O–H groups in total. The van der Waals surface area contributed by atoms with Crippen LogP contribution < -0.4 is 15.5 Å². The van der Waals surface area contributed by atoms with Gasteiger partial charge in [-0.25, -0.2) is 0 Å². The van der Waals surface area contributed by atoms with E-state index >= 15 is 0 Å². The molecule has 3 rings (SSSR count). The van der Waals surface area contributed by atoms with Crippen LogP contribution in [-0.4, -0.2) is 17.9 Å². The third-order valence-electron chi connectivity index (χ3n) is 3.88. The van der Waals surface area contributed by atoms with E-state index in [-0.39, 0.29) is 0 Å². The Morgan fingerprint density at radius 2 is 1.93 bits per heavy atom. The minimum atomic E-state index is 0.503.